The summed E-state index contributed by atoms with van der Waals surface area (Å²) in [7, 11) is 1.49. The van der Waals surface area contributed by atoms with Gasteiger partial charge < -0.3 is 24.1 Å². The van der Waals surface area contributed by atoms with Crippen molar-refractivity contribution in [2.75, 3.05) is 20.2 Å². The molecular formula is C27H25FN3O7S-. The van der Waals surface area contributed by atoms with Crippen LogP contribution in [-0.4, -0.2) is 55.2 Å². The van der Waals surface area contributed by atoms with Gasteiger partial charge in [0.05, 0.1) is 28.8 Å². The summed E-state index contributed by atoms with van der Waals surface area (Å²) in [6.45, 7) is 1.83. The van der Waals surface area contributed by atoms with Crippen molar-refractivity contribution in [3.63, 3.8) is 0 Å². The number of carboxylic acids is 1. The van der Waals surface area contributed by atoms with Gasteiger partial charge in [-0.05, 0) is 66.6 Å². The molecule has 0 saturated carbocycles. The number of ether oxygens (including phenoxy) is 1. The number of aryl methyl sites for hydroxylation is 1. The number of hydrogen-bond acceptors (Lipinski definition) is 7. The fraction of sp³-hybridized carbons (Fsp3) is 0.222. The zero-order valence-electron chi connectivity index (χ0n) is 21.1. The van der Waals surface area contributed by atoms with Crippen molar-refractivity contribution in [3.8, 4) is 17.1 Å². The van der Waals surface area contributed by atoms with Crippen molar-refractivity contribution in [3.05, 3.63) is 82.8 Å². The molecule has 2 aromatic carbocycles. The minimum atomic E-state index is -2.60. The number of carbonyl (C=O) groups excluding carboxylic acids is 1. The number of carboxylic acid groups (broad SMARTS) is 1. The maximum Gasteiger partial charge on any atom is 0.335 e. The van der Waals surface area contributed by atoms with Crippen molar-refractivity contribution in [2.24, 2.45) is 0 Å². The van der Waals surface area contributed by atoms with Gasteiger partial charge in [0.25, 0.3) is 5.91 Å². The van der Waals surface area contributed by atoms with Crippen molar-refractivity contribution in [1.82, 2.24) is 14.6 Å². The molecule has 0 aliphatic rings. The Kier molecular flexibility index (Phi) is 8.69. The molecule has 2 N–H and O–H groups in total. The molecule has 12 heteroatoms. The minimum absolute atomic E-state index is 0.00212. The molecule has 0 spiro atoms. The molecule has 1 unspecified atom stereocenters. The van der Waals surface area contributed by atoms with Crippen molar-refractivity contribution in [1.29, 1.82) is 0 Å². The molecule has 0 aliphatic heterocycles. The van der Waals surface area contributed by atoms with Gasteiger partial charge in [-0.15, -0.1) is 0 Å². The van der Waals surface area contributed by atoms with Crippen LogP contribution in [0.3, 0.4) is 0 Å². The third kappa shape index (κ3) is 6.30. The zero-order valence-corrected chi connectivity index (χ0v) is 21.9. The van der Waals surface area contributed by atoms with Crippen LogP contribution in [-0.2, 0) is 24.2 Å². The predicted octanol–water partition coefficient (Wildman–Crippen LogP) is 3.93. The van der Waals surface area contributed by atoms with Crippen LogP contribution >= 0.6 is 0 Å². The predicted molar refractivity (Wildman–Crippen MR) is 140 cm³/mol. The Morgan fingerprint density at radius 1 is 1.18 bits per heavy atom. The molecule has 1 atom stereocenters. The van der Waals surface area contributed by atoms with E-state index in [2.05, 4.69) is 10.3 Å². The maximum absolute atomic E-state index is 13.5. The molecule has 4 aromatic rings. The Morgan fingerprint density at radius 2 is 1.87 bits per heavy atom. The molecule has 10 nitrogen and oxygen atoms in total. The first-order valence-electron chi connectivity index (χ1n) is 12.0. The van der Waals surface area contributed by atoms with E-state index >= 15 is 0 Å². The number of carbonyl (C=O) groups is 2. The largest absolute Gasteiger partial charge is 0.760 e. The highest BCUT2D eigenvalue weighted by molar-refractivity contribution is 7.76. The zero-order chi connectivity index (χ0) is 28.1. The second kappa shape index (κ2) is 12.2. The lowest BCUT2D eigenvalue weighted by atomic mass is 10.0. The highest BCUT2D eigenvalue weighted by Gasteiger charge is 2.24. The summed E-state index contributed by atoms with van der Waals surface area (Å²) < 4.78 is 50.2. The molecule has 2 aromatic heterocycles. The number of pyridine rings is 1. The molecule has 0 saturated heterocycles. The number of nitrogens with one attached hydrogen (secondary N) is 1. The van der Waals surface area contributed by atoms with Gasteiger partial charge in [-0.25, -0.2) is 18.5 Å². The summed E-state index contributed by atoms with van der Waals surface area (Å²) in [5.74, 6) is -1.27. The number of furan rings is 1. The van der Waals surface area contributed by atoms with Crippen LogP contribution < -0.4 is 10.1 Å². The molecule has 0 aliphatic carbocycles. The SMILES string of the molecule is CCc1cc2c(C(=O)NC)c(-c3ccc(F)cc3)oc2nc1CN(CCOc1ccc(C(=O)O)cc1)S(=O)[O-]. The fourth-order valence-corrected chi connectivity index (χ4v) is 4.48. The summed E-state index contributed by atoms with van der Waals surface area (Å²) in [6.07, 6.45) is 0.508. The van der Waals surface area contributed by atoms with E-state index in [0.717, 1.165) is 9.87 Å². The molecule has 39 heavy (non-hydrogen) atoms. The third-order valence-electron chi connectivity index (χ3n) is 6.04. The number of nitrogens with zero attached hydrogens (tertiary/aromatic N) is 2. The maximum atomic E-state index is 13.5. The number of halogens is 1. The summed E-state index contributed by atoms with van der Waals surface area (Å²) >= 11 is -2.60. The van der Waals surface area contributed by atoms with Gasteiger partial charge >= 0.3 is 5.97 Å². The van der Waals surface area contributed by atoms with Crippen LogP contribution in [0.1, 0.15) is 38.9 Å². The molecule has 204 valence electrons. The second-order valence-electron chi connectivity index (χ2n) is 8.45. The Morgan fingerprint density at radius 3 is 2.46 bits per heavy atom. The number of benzene rings is 2. The Labute approximate surface area is 225 Å². The Bertz CT molecular complexity index is 1520. The molecule has 4 rings (SSSR count). The molecule has 0 radical (unpaired) electrons. The second-order valence-corrected chi connectivity index (χ2v) is 9.40. The quantitative estimate of drug-likeness (QED) is 0.265. The van der Waals surface area contributed by atoms with E-state index in [4.69, 9.17) is 14.3 Å². The normalized spacial score (nSPS) is 12.0. The number of rotatable bonds is 11. The fourth-order valence-electron chi connectivity index (χ4n) is 4.03. The summed E-state index contributed by atoms with van der Waals surface area (Å²) in [5, 5.41) is 12.0. The lowest BCUT2D eigenvalue weighted by Crippen LogP contribution is -2.30. The van der Waals surface area contributed by atoms with E-state index in [1.165, 1.54) is 55.6 Å². The van der Waals surface area contributed by atoms with E-state index in [1.54, 1.807) is 6.07 Å². The van der Waals surface area contributed by atoms with Crippen LogP contribution in [0.25, 0.3) is 22.4 Å². The molecule has 0 bridgehead atoms. The van der Waals surface area contributed by atoms with Gasteiger partial charge in [0.2, 0.25) is 5.71 Å². The minimum Gasteiger partial charge on any atom is -0.760 e. The highest BCUT2D eigenvalue weighted by atomic mass is 32.2. The smallest absolute Gasteiger partial charge is 0.335 e. The van der Waals surface area contributed by atoms with Gasteiger partial charge in [0.15, 0.2) is 0 Å². The summed E-state index contributed by atoms with van der Waals surface area (Å²) in [4.78, 5) is 28.3. The van der Waals surface area contributed by atoms with Gasteiger partial charge in [-0.3, -0.25) is 9.00 Å². The van der Waals surface area contributed by atoms with E-state index in [-0.39, 0.29) is 42.3 Å². The number of aromatic carboxylic acids is 1. The van der Waals surface area contributed by atoms with E-state index < -0.39 is 29.0 Å². The van der Waals surface area contributed by atoms with Crippen LogP contribution in [0.2, 0.25) is 0 Å². The number of aromatic nitrogens is 1. The summed E-state index contributed by atoms with van der Waals surface area (Å²) in [6, 6.07) is 13.0. The van der Waals surface area contributed by atoms with Gasteiger partial charge in [0, 0.05) is 30.4 Å². The Hall–Kier alpha value is -4.13. The van der Waals surface area contributed by atoms with Crippen LogP contribution in [0.15, 0.2) is 59.0 Å². The molecule has 1 amide bonds. The number of amides is 1. The monoisotopic (exact) mass is 554 g/mol. The van der Waals surface area contributed by atoms with Crippen molar-refractivity contribution >= 4 is 34.2 Å². The first-order chi connectivity index (χ1) is 18.7. The van der Waals surface area contributed by atoms with Crippen molar-refractivity contribution < 1.29 is 37.0 Å². The van der Waals surface area contributed by atoms with E-state index in [0.29, 0.717) is 28.8 Å². The molecule has 0 fully saturated rings. The first kappa shape index (κ1) is 27.9. The van der Waals surface area contributed by atoms with Gasteiger partial charge in [-0.1, -0.05) is 6.92 Å². The highest BCUT2D eigenvalue weighted by Crippen LogP contribution is 2.34. The summed E-state index contributed by atoms with van der Waals surface area (Å²) in [5.41, 5.74) is 2.16. The topological polar surface area (TPSA) is 145 Å². The van der Waals surface area contributed by atoms with Crippen LogP contribution in [0.4, 0.5) is 4.39 Å². The van der Waals surface area contributed by atoms with Crippen LogP contribution in [0, 0.1) is 5.82 Å². The number of hydrogen-bond donors (Lipinski definition) is 2. The average Bonchev–Trinajstić information content (AvgIpc) is 3.30. The third-order valence-corrected chi connectivity index (χ3v) is 6.77. The average molecular weight is 555 g/mol. The van der Waals surface area contributed by atoms with Crippen molar-refractivity contribution in [2.45, 2.75) is 19.9 Å². The lowest BCUT2D eigenvalue weighted by molar-refractivity contribution is 0.0696. The van der Waals surface area contributed by atoms with E-state index in [9.17, 15) is 22.7 Å². The standard InChI is InChI=1S/C27H26FN3O7S/c1-3-16-14-21-23(25(32)29-2)24(17-4-8-19(28)9-5-17)38-26(21)30-22(16)15-31(39(35)36)12-13-37-20-10-6-18(7-11-20)27(33)34/h4-11,14H,3,12-13,15H2,1-2H3,(H,29,32)(H,33,34)(H,35,36)/p-1. The number of fused-ring (bicyclic) bond motifs is 1. The van der Waals surface area contributed by atoms with Gasteiger partial charge in [-0.2, -0.15) is 0 Å². The molecular weight excluding hydrogens is 529 g/mol. The Balaban J connectivity index is 1.61. The van der Waals surface area contributed by atoms with Crippen LogP contribution in [0.5, 0.6) is 5.75 Å². The van der Waals surface area contributed by atoms with E-state index in [1.807, 2.05) is 6.92 Å². The lowest BCUT2D eigenvalue weighted by Gasteiger charge is -2.24. The molecule has 2 heterocycles. The first-order valence-corrected chi connectivity index (χ1v) is 13.0. The van der Waals surface area contributed by atoms with Gasteiger partial charge in [0.1, 0.15) is 23.9 Å².